The topological polar surface area (TPSA) is 54.9 Å². The highest BCUT2D eigenvalue weighted by Gasteiger charge is 2.59. The highest BCUT2D eigenvalue weighted by Crippen LogP contribution is 2.68. The van der Waals surface area contributed by atoms with E-state index >= 15 is 0 Å². The molecule has 5 atom stereocenters. The van der Waals surface area contributed by atoms with Crippen LogP contribution in [0.1, 0.15) is 57.9 Å². The van der Waals surface area contributed by atoms with E-state index in [4.69, 9.17) is 11.6 Å². The number of carbonyl (C=O) groups excluding carboxylic acids is 1. The number of pyridine rings is 2. The van der Waals surface area contributed by atoms with Gasteiger partial charge in [-0.15, -0.1) is 0 Å². The van der Waals surface area contributed by atoms with E-state index in [9.17, 15) is 9.18 Å². The van der Waals surface area contributed by atoms with Crippen LogP contribution in [0.15, 0.2) is 48.8 Å². The summed E-state index contributed by atoms with van der Waals surface area (Å²) in [6.45, 7) is 6.79. The summed E-state index contributed by atoms with van der Waals surface area (Å²) < 4.78 is 14.0. The fraction of sp³-hybridized carbons (Fsp3) is 0.444. The number of fused-ring (bicyclic) bond motifs is 2. The van der Waals surface area contributed by atoms with E-state index in [0.29, 0.717) is 22.7 Å². The molecule has 1 N–H and O–H groups in total. The van der Waals surface area contributed by atoms with Crippen molar-refractivity contribution in [2.24, 2.45) is 22.7 Å². The first-order chi connectivity index (χ1) is 15.7. The lowest BCUT2D eigenvalue weighted by molar-refractivity contribution is -0.121. The van der Waals surface area contributed by atoms with Gasteiger partial charge in [-0.05, 0) is 90.3 Å². The lowest BCUT2D eigenvalue weighted by Gasteiger charge is -2.34. The third-order valence-corrected chi connectivity index (χ3v) is 8.79. The van der Waals surface area contributed by atoms with Gasteiger partial charge in [0.25, 0.3) is 0 Å². The maximum atomic E-state index is 14.0. The SMILES string of the molecule is CC(C(=O)Nc1ccc(Cl)nc1)[C@H]1C[C@]2(C)C[C@H](c3ccnc4ccc(F)cc34)C[C@]2(C)C1. The average Bonchev–Trinajstić information content (AvgIpc) is 3.18. The first kappa shape index (κ1) is 22.3. The molecule has 1 aromatic carbocycles. The molecule has 2 aliphatic carbocycles. The van der Waals surface area contributed by atoms with Crippen LogP contribution in [-0.4, -0.2) is 15.9 Å². The molecular weight excluding hydrogens is 437 g/mol. The van der Waals surface area contributed by atoms with Gasteiger partial charge in [-0.25, -0.2) is 9.37 Å². The van der Waals surface area contributed by atoms with E-state index < -0.39 is 0 Å². The Labute approximate surface area is 199 Å². The Bertz CT molecular complexity index is 1200. The number of nitrogens with one attached hydrogen (secondary N) is 1. The highest BCUT2D eigenvalue weighted by molar-refractivity contribution is 6.29. The molecule has 0 radical (unpaired) electrons. The standard InChI is InChI=1S/C27H29ClFN3O/c1-16(25(33)32-20-5-7-24(28)31-15-20)17-11-26(2)13-18(14-27(26,3)12-17)21-8-9-30-23-6-4-19(29)10-22(21)23/h4-10,15-18H,11-14H2,1-3H3,(H,32,33)/t16?,17-,18-,26+,27-. The summed E-state index contributed by atoms with van der Waals surface area (Å²) in [5, 5.41) is 4.33. The normalized spacial score (nSPS) is 29.7. The van der Waals surface area contributed by atoms with Crippen LogP contribution >= 0.6 is 11.6 Å². The fourth-order valence-corrected chi connectivity index (χ4v) is 6.64. The molecule has 0 spiro atoms. The van der Waals surface area contributed by atoms with Gasteiger partial charge in [0.2, 0.25) is 5.91 Å². The van der Waals surface area contributed by atoms with Crippen molar-refractivity contribution in [2.75, 3.05) is 5.32 Å². The molecule has 0 aliphatic heterocycles. The zero-order valence-corrected chi connectivity index (χ0v) is 20.0. The Morgan fingerprint density at radius 1 is 1.09 bits per heavy atom. The monoisotopic (exact) mass is 465 g/mol. The highest BCUT2D eigenvalue weighted by atomic mass is 35.5. The van der Waals surface area contributed by atoms with Gasteiger partial charge in [0.05, 0.1) is 17.4 Å². The second kappa shape index (κ2) is 8.05. The van der Waals surface area contributed by atoms with Gasteiger partial charge < -0.3 is 5.32 Å². The van der Waals surface area contributed by atoms with Crippen molar-refractivity contribution < 1.29 is 9.18 Å². The fourth-order valence-electron chi connectivity index (χ4n) is 6.53. The second-order valence-corrected chi connectivity index (χ2v) is 11.0. The molecular formula is C27H29ClFN3O. The molecule has 0 bridgehead atoms. The van der Waals surface area contributed by atoms with Crippen molar-refractivity contribution in [3.63, 3.8) is 0 Å². The van der Waals surface area contributed by atoms with Gasteiger partial charge in [0.15, 0.2) is 0 Å². The van der Waals surface area contributed by atoms with Crippen LogP contribution < -0.4 is 5.32 Å². The zero-order chi connectivity index (χ0) is 23.4. The van der Waals surface area contributed by atoms with Crippen molar-refractivity contribution in [3.8, 4) is 0 Å². The molecule has 172 valence electrons. The Balaban J connectivity index is 1.33. The minimum absolute atomic E-state index is 0.0310. The van der Waals surface area contributed by atoms with Crippen molar-refractivity contribution in [1.29, 1.82) is 0 Å². The van der Waals surface area contributed by atoms with Crippen LogP contribution in [0, 0.1) is 28.5 Å². The number of carbonyl (C=O) groups is 1. The van der Waals surface area contributed by atoms with Crippen LogP contribution in [0.2, 0.25) is 5.15 Å². The van der Waals surface area contributed by atoms with Crippen LogP contribution in [0.25, 0.3) is 10.9 Å². The van der Waals surface area contributed by atoms with Crippen LogP contribution in [-0.2, 0) is 4.79 Å². The molecule has 3 aromatic rings. The summed E-state index contributed by atoms with van der Waals surface area (Å²) in [6, 6.07) is 10.4. The summed E-state index contributed by atoms with van der Waals surface area (Å²) in [7, 11) is 0. The maximum Gasteiger partial charge on any atom is 0.227 e. The summed E-state index contributed by atoms with van der Waals surface area (Å²) in [5.41, 5.74) is 3.00. The number of rotatable bonds is 4. The molecule has 2 aromatic heterocycles. The van der Waals surface area contributed by atoms with E-state index in [1.54, 1.807) is 30.5 Å². The van der Waals surface area contributed by atoms with Crippen molar-refractivity contribution in [1.82, 2.24) is 9.97 Å². The molecule has 2 aliphatic rings. The third-order valence-electron chi connectivity index (χ3n) is 8.57. The number of amides is 1. The van der Waals surface area contributed by atoms with Gasteiger partial charge in [-0.1, -0.05) is 32.4 Å². The predicted molar refractivity (Wildman–Crippen MR) is 130 cm³/mol. The quantitative estimate of drug-likeness (QED) is 0.422. The Morgan fingerprint density at radius 2 is 1.82 bits per heavy atom. The molecule has 6 heteroatoms. The van der Waals surface area contributed by atoms with E-state index in [1.807, 2.05) is 13.1 Å². The Morgan fingerprint density at radius 3 is 2.48 bits per heavy atom. The molecule has 2 saturated carbocycles. The van der Waals surface area contributed by atoms with Crippen molar-refractivity contribution in [3.05, 3.63) is 65.3 Å². The molecule has 0 saturated heterocycles. The first-order valence-corrected chi connectivity index (χ1v) is 12.0. The van der Waals surface area contributed by atoms with Gasteiger partial charge in [-0.2, -0.15) is 0 Å². The molecule has 4 nitrogen and oxygen atoms in total. The summed E-state index contributed by atoms with van der Waals surface area (Å²) >= 11 is 5.85. The van der Waals surface area contributed by atoms with Gasteiger partial charge >= 0.3 is 0 Å². The van der Waals surface area contributed by atoms with Crippen LogP contribution in [0.3, 0.4) is 0 Å². The molecule has 5 rings (SSSR count). The smallest absolute Gasteiger partial charge is 0.227 e. The minimum Gasteiger partial charge on any atom is -0.324 e. The van der Waals surface area contributed by atoms with Gasteiger partial charge in [-0.3, -0.25) is 9.78 Å². The van der Waals surface area contributed by atoms with Crippen molar-refractivity contribution >= 4 is 34.1 Å². The minimum atomic E-state index is -0.219. The predicted octanol–water partition coefficient (Wildman–Crippen LogP) is 7.00. The van der Waals surface area contributed by atoms with Crippen LogP contribution in [0.4, 0.5) is 10.1 Å². The summed E-state index contributed by atoms with van der Waals surface area (Å²) in [6.07, 6.45) is 7.56. The maximum absolute atomic E-state index is 14.0. The van der Waals surface area contributed by atoms with E-state index in [2.05, 4.69) is 35.2 Å². The van der Waals surface area contributed by atoms with Crippen molar-refractivity contribution in [2.45, 2.75) is 52.4 Å². The van der Waals surface area contributed by atoms with E-state index in [1.165, 1.54) is 11.6 Å². The summed E-state index contributed by atoms with van der Waals surface area (Å²) in [5.74, 6) is 0.422. The Kier molecular flexibility index (Phi) is 5.43. The van der Waals surface area contributed by atoms with Gasteiger partial charge in [0.1, 0.15) is 11.0 Å². The number of halogens is 2. The lowest BCUT2D eigenvalue weighted by Crippen LogP contribution is -2.27. The number of hydrogen-bond donors (Lipinski definition) is 1. The molecule has 2 heterocycles. The summed E-state index contributed by atoms with van der Waals surface area (Å²) in [4.78, 5) is 21.4. The molecule has 1 amide bonds. The number of hydrogen-bond acceptors (Lipinski definition) is 3. The average molecular weight is 466 g/mol. The third kappa shape index (κ3) is 3.90. The van der Waals surface area contributed by atoms with Gasteiger partial charge in [0, 0.05) is 17.5 Å². The number of benzene rings is 1. The Hall–Kier alpha value is -2.53. The zero-order valence-electron chi connectivity index (χ0n) is 19.2. The number of anilines is 1. The first-order valence-electron chi connectivity index (χ1n) is 11.6. The van der Waals surface area contributed by atoms with E-state index in [-0.39, 0.29) is 28.5 Å². The molecule has 2 fully saturated rings. The van der Waals surface area contributed by atoms with Crippen LogP contribution in [0.5, 0.6) is 0 Å². The second-order valence-electron chi connectivity index (χ2n) is 10.6. The largest absolute Gasteiger partial charge is 0.324 e. The number of nitrogens with zero attached hydrogens (tertiary/aromatic N) is 2. The lowest BCUT2D eigenvalue weighted by atomic mass is 9.71. The molecule has 1 unspecified atom stereocenters. The molecule has 33 heavy (non-hydrogen) atoms. The number of aromatic nitrogens is 2. The van der Waals surface area contributed by atoms with E-state index in [0.717, 1.165) is 36.6 Å².